The van der Waals surface area contributed by atoms with E-state index >= 15 is 0 Å². The van der Waals surface area contributed by atoms with Crippen LogP contribution in [0, 0.1) is 17.2 Å². The van der Waals surface area contributed by atoms with Gasteiger partial charge in [0.15, 0.2) is 0 Å². The highest BCUT2D eigenvalue weighted by Crippen LogP contribution is 2.25. The topological polar surface area (TPSA) is 42.3 Å². The van der Waals surface area contributed by atoms with Gasteiger partial charge >= 0.3 is 0 Å². The van der Waals surface area contributed by atoms with Crippen LogP contribution in [0.4, 0.5) is 0 Å². The van der Waals surface area contributed by atoms with Crippen molar-refractivity contribution in [1.82, 2.24) is 15.1 Å². The predicted molar refractivity (Wildman–Crippen MR) is 82.5 cm³/mol. The molecule has 0 amide bonds. The summed E-state index contributed by atoms with van der Waals surface area (Å²) in [4.78, 5) is 4.91. The van der Waals surface area contributed by atoms with Crippen molar-refractivity contribution in [2.24, 2.45) is 5.92 Å². The van der Waals surface area contributed by atoms with Crippen LogP contribution in [0.5, 0.6) is 0 Å². The first-order valence-electron chi connectivity index (χ1n) is 8.01. The monoisotopic (exact) mass is 278 g/mol. The van der Waals surface area contributed by atoms with E-state index in [1.54, 1.807) is 0 Å². The third-order valence-electron chi connectivity index (χ3n) is 4.81. The molecule has 1 saturated heterocycles. The molecule has 0 radical (unpaired) electrons. The first-order chi connectivity index (χ1) is 9.43. The lowest BCUT2D eigenvalue weighted by atomic mass is 9.97. The largest absolute Gasteiger partial charge is 0.305 e. The summed E-state index contributed by atoms with van der Waals surface area (Å²) in [6.07, 6.45) is 4.55. The molecule has 1 aliphatic heterocycles. The van der Waals surface area contributed by atoms with E-state index in [-0.39, 0.29) is 5.54 Å². The maximum Gasteiger partial charge on any atom is 0.104 e. The third-order valence-corrected chi connectivity index (χ3v) is 4.81. The molecule has 2 fully saturated rings. The van der Waals surface area contributed by atoms with Gasteiger partial charge in [-0.15, -0.1) is 0 Å². The molecule has 0 aromatic rings. The molecule has 0 aromatic heterocycles. The zero-order valence-corrected chi connectivity index (χ0v) is 13.5. The second-order valence-corrected chi connectivity index (χ2v) is 7.23. The van der Waals surface area contributed by atoms with Gasteiger partial charge in [0.2, 0.25) is 0 Å². The maximum atomic E-state index is 9.38. The Kier molecular flexibility index (Phi) is 5.06. The fourth-order valence-corrected chi connectivity index (χ4v) is 3.40. The van der Waals surface area contributed by atoms with Gasteiger partial charge in [0.1, 0.15) is 5.54 Å². The van der Waals surface area contributed by atoms with Crippen molar-refractivity contribution in [3.63, 3.8) is 0 Å². The Morgan fingerprint density at radius 3 is 2.55 bits per heavy atom. The highest BCUT2D eigenvalue weighted by molar-refractivity contribution is 5.07. The molecular formula is C16H30N4. The van der Waals surface area contributed by atoms with Gasteiger partial charge in [0, 0.05) is 25.2 Å². The molecule has 0 bridgehead atoms. The molecule has 1 saturated carbocycles. The minimum atomic E-state index is -0.326. The molecule has 20 heavy (non-hydrogen) atoms. The van der Waals surface area contributed by atoms with Gasteiger partial charge in [0.05, 0.1) is 6.07 Å². The zero-order chi connectivity index (χ0) is 14.8. The summed E-state index contributed by atoms with van der Waals surface area (Å²) in [5.74, 6) is 0.747. The average Bonchev–Trinajstić information content (AvgIpc) is 3.10. The summed E-state index contributed by atoms with van der Waals surface area (Å²) in [5.41, 5.74) is -0.326. The lowest BCUT2D eigenvalue weighted by molar-refractivity contribution is 0.248. The molecule has 2 rings (SSSR count). The lowest BCUT2D eigenvalue weighted by Gasteiger charge is -2.25. The van der Waals surface area contributed by atoms with Crippen LogP contribution < -0.4 is 5.32 Å². The van der Waals surface area contributed by atoms with E-state index in [9.17, 15) is 5.26 Å². The molecule has 1 N–H and O–H groups in total. The van der Waals surface area contributed by atoms with E-state index in [0.717, 1.165) is 25.3 Å². The van der Waals surface area contributed by atoms with Crippen molar-refractivity contribution in [2.45, 2.75) is 57.2 Å². The Labute approximate surface area is 124 Å². The van der Waals surface area contributed by atoms with Gasteiger partial charge < -0.3 is 9.80 Å². The van der Waals surface area contributed by atoms with Crippen molar-refractivity contribution in [3.8, 4) is 6.07 Å². The summed E-state index contributed by atoms with van der Waals surface area (Å²) in [6, 6.07) is 3.76. The van der Waals surface area contributed by atoms with Crippen LogP contribution >= 0.6 is 0 Å². The molecular weight excluding hydrogens is 248 g/mol. The Balaban J connectivity index is 1.71. The standard InChI is InChI=1S/C16H30N4/c1-13-10-20(11-15(13)19(3)4)9-5-8-16(2,12-17)18-14-6-7-14/h13-15,18H,5-11H2,1-4H3. The van der Waals surface area contributed by atoms with Gasteiger partial charge in [-0.05, 0) is 59.2 Å². The normalized spacial score (nSPS) is 30.4. The van der Waals surface area contributed by atoms with E-state index in [2.05, 4.69) is 49.1 Å². The molecule has 0 aromatic carbocycles. The highest BCUT2D eigenvalue weighted by atomic mass is 15.2. The quantitative estimate of drug-likeness (QED) is 0.769. The number of hydrogen-bond acceptors (Lipinski definition) is 4. The van der Waals surface area contributed by atoms with Crippen molar-refractivity contribution >= 4 is 0 Å². The lowest BCUT2D eigenvalue weighted by Crippen LogP contribution is -2.43. The van der Waals surface area contributed by atoms with Crippen molar-refractivity contribution in [2.75, 3.05) is 33.7 Å². The van der Waals surface area contributed by atoms with Crippen molar-refractivity contribution in [1.29, 1.82) is 5.26 Å². The van der Waals surface area contributed by atoms with E-state index in [4.69, 9.17) is 0 Å². The predicted octanol–water partition coefficient (Wildman–Crippen LogP) is 1.68. The SMILES string of the molecule is CC1CN(CCCC(C)(C#N)NC2CC2)CC1N(C)C. The number of likely N-dealkylation sites (tertiary alicyclic amines) is 1. The average molecular weight is 278 g/mol. The maximum absolute atomic E-state index is 9.38. The van der Waals surface area contributed by atoms with Crippen LogP contribution in [0.25, 0.3) is 0 Å². The fourth-order valence-electron chi connectivity index (χ4n) is 3.40. The number of hydrogen-bond donors (Lipinski definition) is 1. The Morgan fingerprint density at radius 2 is 2.05 bits per heavy atom. The van der Waals surface area contributed by atoms with Gasteiger partial charge in [-0.25, -0.2) is 0 Å². The number of nitrogens with one attached hydrogen (secondary N) is 1. The summed E-state index contributed by atoms with van der Waals surface area (Å²) in [5, 5.41) is 12.9. The summed E-state index contributed by atoms with van der Waals surface area (Å²) in [6.45, 7) is 7.90. The fraction of sp³-hybridized carbons (Fsp3) is 0.938. The number of likely N-dealkylation sites (N-methyl/N-ethyl adjacent to an activating group) is 1. The van der Waals surface area contributed by atoms with Crippen molar-refractivity contribution < 1.29 is 0 Å². The molecule has 3 unspecified atom stereocenters. The van der Waals surface area contributed by atoms with Crippen LogP contribution in [0.1, 0.15) is 39.5 Å². The Morgan fingerprint density at radius 1 is 1.35 bits per heavy atom. The molecule has 1 heterocycles. The molecule has 4 heteroatoms. The summed E-state index contributed by atoms with van der Waals surface area (Å²) in [7, 11) is 4.36. The Bertz CT molecular complexity index is 358. The zero-order valence-electron chi connectivity index (χ0n) is 13.5. The van der Waals surface area contributed by atoms with Gasteiger partial charge in [-0.1, -0.05) is 6.92 Å². The third kappa shape index (κ3) is 4.18. The molecule has 0 spiro atoms. The van der Waals surface area contributed by atoms with E-state index in [0.29, 0.717) is 12.1 Å². The number of rotatable bonds is 7. The van der Waals surface area contributed by atoms with Crippen LogP contribution in [0.15, 0.2) is 0 Å². The second-order valence-electron chi connectivity index (χ2n) is 7.23. The number of nitriles is 1. The van der Waals surface area contributed by atoms with E-state index in [1.807, 2.05) is 0 Å². The van der Waals surface area contributed by atoms with Crippen LogP contribution in [0.2, 0.25) is 0 Å². The molecule has 1 aliphatic carbocycles. The summed E-state index contributed by atoms with van der Waals surface area (Å²) >= 11 is 0. The van der Waals surface area contributed by atoms with Gasteiger partial charge in [-0.2, -0.15) is 5.26 Å². The van der Waals surface area contributed by atoms with Crippen LogP contribution in [0.3, 0.4) is 0 Å². The smallest absolute Gasteiger partial charge is 0.104 e. The minimum Gasteiger partial charge on any atom is -0.305 e. The van der Waals surface area contributed by atoms with Crippen LogP contribution in [-0.4, -0.2) is 61.2 Å². The minimum absolute atomic E-state index is 0.326. The molecule has 3 atom stereocenters. The summed E-state index contributed by atoms with van der Waals surface area (Å²) < 4.78 is 0. The first kappa shape index (κ1) is 15.8. The van der Waals surface area contributed by atoms with Gasteiger partial charge in [0.25, 0.3) is 0 Å². The highest BCUT2D eigenvalue weighted by Gasteiger charge is 2.33. The van der Waals surface area contributed by atoms with Crippen molar-refractivity contribution in [3.05, 3.63) is 0 Å². The molecule has 4 nitrogen and oxygen atoms in total. The molecule has 2 aliphatic rings. The van der Waals surface area contributed by atoms with E-state index in [1.165, 1.54) is 25.9 Å². The number of nitrogens with zero attached hydrogens (tertiary/aromatic N) is 3. The van der Waals surface area contributed by atoms with Crippen LogP contribution in [-0.2, 0) is 0 Å². The van der Waals surface area contributed by atoms with E-state index < -0.39 is 0 Å². The Hall–Kier alpha value is -0.630. The van der Waals surface area contributed by atoms with Gasteiger partial charge in [-0.3, -0.25) is 5.32 Å². The molecule has 114 valence electrons. The second kappa shape index (κ2) is 6.43. The first-order valence-corrected chi connectivity index (χ1v) is 8.01.